The first kappa shape index (κ1) is 17.8. The number of nitrogens with zero attached hydrogens (tertiary/aromatic N) is 2. The summed E-state index contributed by atoms with van der Waals surface area (Å²) in [5.41, 5.74) is 0.538. The SMILES string of the molecule is O=C(NCC(NC(=O)c1cocn1)C1CCCC1)c1coc(C2CCC2)n1. The first-order valence-electron chi connectivity index (χ1n) is 9.63. The molecule has 2 amide bonds. The number of amides is 2. The van der Waals surface area contributed by atoms with Gasteiger partial charge in [-0.05, 0) is 31.6 Å². The van der Waals surface area contributed by atoms with Crippen LogP contribution in [0.1, 0.15) is 77.7 Å². The molecule has 0 aliphatic heterocycles. The molecule has 0 saturated heterocycles. The lowest BCUT2D eigenvalue weighted by Gasteiger charge is -2.24. The number of oxazole rings is 2. The molecular weight excluding hydrogens is 348 g/mol. The van der Waals surface area contributed by atoms with Crippen molar-refractivity contribution in [1.82, 2.24) is 20.6 Å². The fraction of sp³-hybridized carbons (Fsp3) is 0.579. The van der Waals surface area contributed by atoms with Crippen LogP contribution in [0.4, 0.5) is 0 Å². The largest absolute Gasteiger partial charge is 0.451 e. The molecule has 0 spiro atoms. The Morgan fingerprint density at radius 3 is 2.56 bits per heavy atom. The van der Waals surface area contributed by atoms with Crippen molar-refractivity contribution in [2.45, 2.75) is 56.9 Å². The van der Waals surface area contributed by atoms with Gasteiger partial charge >= 0.3 is 0 Å². The highest BCUT2D eigenvalue weighted by molar-refractivity contribution is 5.93. The Kier molecular flexibility index (Phi) is 5.22. The van der Waals surface area contributed by atoms with Crippen molar-refractivity contribution in [3.05, 3.63) is 36.2 Å². The zero-order valence-electron chi connectivity index (χ0n) is 15.1. The van der Waals surface area contributed by atoms with E-state index < -0.39 is 0 Å². The standard InChI is InChI=1S/C19H24N4O4/c24-17(16-10-27-19(23-16)13-6-3-7-13)20-8-14(12-4-1-2-5-12)22-18(25)15-9-26-11-21-15/h9-14H,1-8H2,(H,20,24)(H,22,25). The summed E-state index contributed by atoms with van der Waals surface area (Å²) < 4.78 is 10.3. The molecule has 2 aliphatic carbocycles. The minimum Gasteiger partial charge on any atom is -0.451 e. The lowest BCUT2D eigenvalue weighted by molar-refractivity contribution is 0.0887. The van der Waals surface area contributed by atoms with Crippen molar-refractivity contribution >= 4 is 11.8 Å². The zero-order valence-corrected chi connectivity index (χ0v) is 15.1. The molecular formula is C19H24N4O4. The van der Waals surface area contributed by atoms with E-state index in [1.165, 1.54) is 25.3 Å². The second-order valence-corrected chi connectivity index (χ2v) is 7.41. The molecule has 0 bridgehead atoms. The fourth-order valence-corrected chi connectivity index (χ4v) is 3.79. The molecule has 27 heavy (non-hydrogen) atoms. The van der Waals surface area contributed by atoms with Gasteiger partial charge in [-0.1, -0.05) is 19.3 Å². The molecule has 4 rings (SSSR count). The normalized spacial score (nSPS) is 18.8. The first-order valence-corrected chi connectivity index (χ1v) is 9.63. The minimum atomic E-state index is -0.288. The summed E-state index contributed by atoms with van der Waals surface area (Å²) >= 11 is 0. The summed E-state index contributed by atoms with van der Waals surface area (Å²) in [6, 6.07) is -0.154. The van der Waals surface area contributed by atoms with Crippen LogP contribution in [0.3, 0.4) is 0 Å². The van der Waals surface area contributed by atoms with Crippen LogP contribution < -0.4 is 10.6 Å². The number of nitrogens with one attached hydrogen (secondary N) is 2. The Morgan fingerprint density at radius 1 is 1.07 bits per heavy atom. The van der Waals surface area contributed by atoms with Gasteiger partial charge in [0, 0.05) is 18.5 Å². The topological polar surface area (TPSA) is 110 Å². The lowest BCUT2D eigenvalue weighted by atomic mass is 9.85. The molecule has 1 atom stereocenters. The van der Waals surface area contributed by atoms with Crippen LogP contribution in [0.2, 0.25) is 0 Å². The smallest absolute Gasteiger partial charge is 0.273 e. The molecule has 2 heterocycles. The molecule has 8 heteroatoms. The van der Waals surface area contributed by atoms with Gasteiger partial charge in [-0.25, -0.2) is 9.97 Å². The van der Waals surface area contributed by atoms with E-state index in [2.05, 4.69) is 20.6 Å². The molecule has 2 fully saturated rings. The van der Waals surface area contributed by atoms with Crippen molar-refractivity contribution in [3.63, 3.8) is 0 Å². The van der Waals surface area contributed by atoms with Gasteiger partial charge in [-0.2, -0.15) is 0 Å². The van der Waals surface area contributed by atoms with Gasteiger partial charge in [-0.3, -0.25) is 9.59 Å². The Bertz CT molecular complexity index is 775. The summed E-state index contributed by atoms with van der Waals surface area (Å²) in [6.45, 7) is 0.346. The van der Waals surface area contributed by atoms with Crippen LogP contribution in [0.5, 0.6) is 0 Å². The second kappa shape index (κ2) is 7.94. The van der Waals surface area contributed by atoms with Crippen molar-refractivity contribution in [2.24, 2.45) is 5.92 Å². The van der Waals surface area contributed by atoms with Gasteiger partial charge in [0.05, 0.1) is 0 Å². The molecule has 0 radical (unpaired) electrons. The summed E-state index contributed by atoms with van der Waals surface area (Å²) in [5, 5.41) is 5.88. The molecule has 1 unspecified atom stereocenters. The molecule has 0 aromatic carbocycles. The molecule has 2 N–H and O–H groups in total. The highest BCUT2D eigenvalue weighted by Gasteiger charge is 2.29. The van der Waals surface area contributed by atoms with Gasteiger partial charge in [-0.15, -0.1) is 0 Å². The van der Waals surface area contributed by atoms with Crippen LogP contribution in [0.25, 0.3) is 0 Å². The Labute approximate surface area is 157 Å². The van der Waals surface area contributed by atoms with Crippen LogP contribution in [0, 0.1) is 5.92 Å². The van der Waals surface area contributed by atoms with E-state index in [1.807, 2.05) is 0 Å². The molecule has 2 aromatic rings. The number of hydrogen-bond acceptors (Lipinski definition) is 6. The average Bonchev–Trinajstić information content (AvgIpc) is 3.39. The Balaban J connectivity index is 1.36. The van der Waals surface area contributed by atoms with E-state index in [4.69, 9.17) is 8.83 Å². The quantitative estimate of drug-likeness (QED) is 0.773. The second-order valence-electron chi connectivity index (χ2n) is 7.41. The highest BCUT2D eigenvalue weighted by atomic mass is 16.3. The number of aromatic nitrogens is 2. The van der Waals surface area contributed by atoms with Gasteiger partial charge < -0.3 is 19.5 Å². The summed E-state index contributed by atoms with van der Waals surface area (Å²) in [5.74, 6) is 0.772. The van der Waals surface area contributed by atoms with E-state index in [0.29, 0.717) is 30.0 Å². The number of carbonyl (C=O) groups excluding carboxylic acids is 2. The first-order chi connectivity index (χ1) is 13.2. The van der Waals surface area contributed by atoms with Crippen LogP contribution in [-0.4, -0.2) is 34.4 Å². The Morgan fingerprint density at radius 2 is 1.89 bits per heavy atom. The number of hydrogen-bond donors (Lipinski definition) is 2. The van der Waals surface area contributed by atoms with Crippen molar-refractivity contribution in [3.8, 4) is 0 Å². The van der Waals surface area contributed by atoms with Crippen molar-refractivity contribution in [2.75, 3.05) is 6.54 Å². The maximum atomic E-state index is 12.4. The van der Waals surface area contributed by atoms with Crippen molar-refractivity contribution in [1.29, 1.82) is 0 Å². The third-order valence-corrected chi connectivity index (χ3v) is 5.64. The maximum absolute atomic E-state index is 12.4. The average molecular weight is 372 g/mol. The van der Waals surface area contributed by atoms with Gasteiger partial charge in [0.1, 0.15) is 12.5 Å². The summed E-state index contributed by atoms with van der Waals surface area (Å²) in [7, 11) is 0. The van der Waals surface area contributed by atoms with E-state index in [-0.39, 0.29) is 23.6 Å². The zero-order chi connectivity index (χ0) is 18.6. The summed E-state index contributed by atoms with van der Waals surface area (Å²) in [6.07, 6.45) is 11.6. The van der Waals surface area contributed by atoms with E-state index in [0.717, 1.165) is 38.5 Å². The number of carbonyl (C=O) groups is 2. The van der Waals surface area contributed by atoms with Gasteiger partial charge in [0.15, 0.2) is 23.7 Å². The van der Waals surface area contributed by atoms with E-state index in [9.17, 15) is 9.59 Å². The van der Waals surface area contributed by atoms with E-state index >= 15 is 0 Å². The highest BCUT2D eigenvalue weighted by Crippen LogP contribution is 2.35. The van der Waals surface area contributed by atoms with E-state index in [1.54, 1.807) is 0 Å². The predicted molar refractivity (Wildman–Crippen MR) is 95.1 cm³/mol. The van der Waals surface area contributed by atoms with Crippen LogP contribution >= 0.6 is 0 Å². The van der Waals surface area contributed by atoms with Gasteiger partial charge in [0.25, 0.3) is 11.8 Å². The molecule has 2 aliphatic rings. The molecule has 2 aromatic heterocycles. The third kappa shape index (κ3) is 4.04. The minimum absolute atomic E-state index is 0.154. The third-order valence-electron chi connectivity index (χ3n) is 5.64. The molecule has 2 saturated carbocycles. The summed E-state index contributed by atoms with van der Waals surface area (Å²) in [4.78, 5) is 33.0. The number of rotatable bonds is 7. The van der Waals surface area contributed by atoms with Crippen molar-refractivity contribution < 1.29 is 18.4 Å². The monoisotopic (exact) mass is 372 g/mol. The molecule has 8 nitrogen and oxygen atoms in total. The van der Waals surface area contributed by atoms with Crippen LogP contribution in [0.15, 0.2) is 27.8 Å². The van der Waals surface area contributed by atoms with Gasteiger partial charge in [0.2, 0.25) is 0 Å². The Hall–Kier alpha value is -2.64. The fourth-order valence-electron chi connectivity index (χ4n) is 3.79. The van der Waals surface area contributed by atoms with Crippen LogP contribution in [-0.2, 0) is 0 Å². The lowest BCUT2D eigenvalue weighted by Crippen LogP contribution is -2.47. The maximum Gasteiger partial charge on any atom is 0.273 e. The molecule has 144 valence electrons. The predicted octanol–water partition coefficient (Wildman–Crippen LogP) is 2.65.